The van der Waals surface area contributed by atoms with Crippen molar-refractivity contribution in [2.75, 3.05) is 7.11 Å². The van der Waals surface area contributed by atoms with Gasteiger partial charge in [0.2, 0.25) is 0 Å². The molecule has 0 bridgehead atoms. The van der Waals surface area contributed by atoms with Crippen molar-refractivity contribution in [2.45, 2.75) is 13.5 Å². The lowest BCUT2D eigenvalue weighted by molar-refractivity contribution is 0.416. The Hall–Kier alpha value is -2.27. The summed E-state index contributed by atoms with van der Waals surface area (Å²) in [5.74, 6) is 1.69. The molecule has 3 rings (SSSR count). The third-order valence-corrected chi connectivity index (χ3v) is 4.17. The standard InChI is InChI=1S/C16H16N2O2S/c1-12-11-21-16(18(12)10-13-6-5-9-20-13)17-14-7-3-4-8-15(14)19-2/h3-9,11H,10H2,1-2H3. The molecule has 2 aromatic heterocycles. The van der Waals surface area contributed by atoms with Crippen molar-refractivity contribution in [1.29, 1.82) is 0 Å². The minimum atomic E-state index is 0.677. The highest BCUT2D eigenvalue weighted by atomic mass is 32.1. The minimum absolute atomic E-state index is 0.677. The summed E-state index contributed by atoms with van der Waals surface area (Å²) in [5, 5.41) is 2.09. The Labute approximate surface area is 127 Å². The van der Waals surface area contributed by atoms with Gasteiger partial charge in [-0.05, 0) is 31.2 Å². The first-order valence-corrected chi connectivity index (χ1v) is 7.51. The number of rotatable bonds is 4. The van der Waals surface area contributed by atoms with E-state index in [1.54, 1.807) is 24.7 Å². The molecule has 5 heteroatoms. The van der Waals surface area contributed by atoms with Gasteiger partial charge in [0.1, 0.15) is 17.2 Å². The molecule has 4 nitrogen and oxygen atoms in total. The van der Waals surface area contributed by atoms with Crippen LogP contribution in [0.2, 0.25) is 0 Å². The number of aromatic nitrogens is 1. The van der Waals surface area contributed by atoms with Gasteiger partial charge in [-0.3, -0.25) is 0 Å². The van der Waals surface area contributed by atoms with Crippen LogP contribution in [0.5, 0.6) is 5.75 Å². The number of hydrogen-bond donors (Lipinski definition) is 0. The van der Waals surface area contributed by atoms with Crippen LogP contribution >= 0.6 is 11.3 Å². The Bertz CT molecular complexity index is 785. The Kier molecular flexibility index (Phi) is 3.92. The summed E-state index contributed by atoms with van der Waals surface area (Å²) in [6.07, 6.45) is 1.69. The van der Waals surface area contributed by atoms with Crippen molar-refractivity contribution in [1.82, 2.24) is 4.57 Å². The molecule has 0 N–H and O–H groups in total. The zero-order valence-electron chi connectivity index (χ0n) is 11.9. The lowest BCUT2D eigenvalue weighted by atomic mass is 10.3. The van der Waals surface area contributed by atoms with Gasteiger partial charge in [-0.25, -0.2) is 4.99 Å². The van der Waals surface area contributed by atoms with Crippen LogP contribution < -0.4 is 9.54 Å². The second kappa shape index (κ2) is 6.01. The molecule has 3 aromatic rings. The van der Waals surface area contributed by atoms with Crippen LogP contribution in [0.4, 0.5) is 5.69 Å². The van der Waals surface area contributed by atoms with Crippen LogP contribution in [-0.2, 0) is 6.54 Å². The maximum absolute atomic E-state index is 5.43. The lowest BCUT2D eigenvalue weighted by Gasteiger charge is -2.05. The Morgan fingerprint density at radius 2 is 2.10 bits per heavy atom. The molecule has 0 atom stereocenters. The molecule has 21 heavy (non-hydrogen) atoms. The van der Waals surface area contributed by atoms with E-state index in [9.17, 15) is 0 Å². The second-order valence-corrected chi connectivity index (χ2v) is 5.45. The number of hydrogen-bond acceptors (Lipinski definition) is 4. The minimum Gasteiger partial charge on any atom is -0.494 e. The zero-order valence-corrected chi connectivity index (χ0v) is 12.8. The number of ether oxygens (including phenoxy) is 1. The predicted molar refractivity (Wildman–Crippen MR) is 83.1 cm³/mol. The summed E-state index contributed by atoms with van der Waals surface area (Å²) in [6, 6.07) is 11.6. The number of aryl methyl sites for hydroxylation is 1. The van der Waals surface area contributed by atoms with Crippen molar-refractivity contribution in [2.24, 2.45) is 4.99 Å². The highest BCUT2D eigenvalue weighted by molar-refractivity contribution is 7.07. The third kappa shape index (κ3) is 2.92. The molecule has 0 radical (unpaired) electrons. The van der Waals surface area contributed by atoms with Gasteiger partial charge in [-0.15, -0.1) is 11.3 Å². The van der Waals surface area contributed by atoms with Gasteiger partial charge in [-0.1, -0.05) is 12.1 Å². The summed E-state index contributed by atoms with van der Waals surface area (Å²) in [5.41, 5.74) is 1.99. The molecule has 0 saturated carbocycles. The molecule has 108 valence electrons. The first kappa shape index (κ1) is 13.7. The predicted octanol–water partition coefficient (Wildman–Crippen LogP) is 3.74. The molecule has 2 heterocycles. The van der Waals surface area contributed by atoms with Gasteiger partial charge in [0.25, 0.3) is 0 Å². The number of nitrogens with zero attached hydrogens (tertiary/aromatic N) is 2. The van der Waals surface area contributed by atoms with Gasteiger partial charge in [-0.2, -0.15) is 0 Å². The number of para-hydroxylation sites is 2. The van der Waals surface area contributed by atoms with E-state index in [-0.39, 0.29) is 0 Å². The second-order valence-electron chi connectivity index (χ2n) is 4.61. The number of benzene rings is 1. The SMILES string of the molecule is COc1ccccc1N=c1scc(C)n1Cc1ccco1. The highest BCUT2D eigenvalue weighted by Crippen LogP contribution is 2.25. The largest absolute Gasteiger partial charge is 0.494 e. The maximum atomic E-state index is 5.43. The van der Waals surface area contributed by atoms with Crippen molar-refractivity contribution < 1.29 is 9.15 Å². The summed E-state index contributed by atoms with van der Waals surface area (Å²) >= 11 is 1.61. The molecular formula is C16H16N2O2S. The van der Waals surface area contributed by atoms with Gasteiger partial charge in [0.05, 0.1) is 19.9 Å². The first-order chi connectivity index (χ1) is 10.3. The van der Waals surface area contributed by atoms with Gasteiger partial charge >= 0.3 is 0 Å². The summed E-state index contributed by atoms with van der Waals surface area (Å²) in [7, 11) is 1.66. The van der Waals surface area contributed by atoms with Crippen LogP contribution in [0.25, 0.3) is 0 Å². The Balaban J connectivity index is 2.04. The molecule has 1 aromatic carbocycles. The fourth-order valence-electron chi connectivity index (χ4n) is 2.08. The molecule has 0 aliphatic rings. The quantitative estimate of drug-likeness (QED) is 0.736. The number of methoxy groups -OCH3 is 1. The molecule has 0 unspecified atom stereocenters. The van der Waals surface area contributed by atoms with Crippen LogP contribution in [0.1, 0.15) is 11.5 Å². The van der Waals surface area contributed by atoms with E-state index in [4.69, 9.17) is 14.1 Å². The molecule has 0 spiro atoms. The molecule has 0 aliphatic carbocycles. The molecular weight excluding hydrogens is 284 g/mol. The van der Waals surface area contributed by atoms with Crippen LogP contribution in [-0.4, -0.2) is 11.7 Å². The monoisotopic (exact) mass is 300 g/mol. The average molecular weight is 300 g/mol. The zero-order chi connectivity index (χ0) is 14.7. The molecule has 0 amide bonds. The van der Waals surface area contributed by atoms with E-state index in [1.807, 2.05) is 36.4 Å². The van der Waals surface area contributed by atoms with Gasteiger partial charge < -0.3 is 13.7 Å². The number of furan rings is 1. The maximum Gasteiger partial charge on any atom is 0.190 e. The Morgan fingerprint density at radius 3 is 2.86 bits per heavy atom. The van der Waals surface area contributed by atoms with Crippen molar-refractivity contribution >= 4 is 17.0 Å². The van der Waals surface area contributed by atoms with Crippen molar-refractivity contribution in [3.63, 3.8) is 0 Å². The van der Waals surface area contributed by atoms with E-state index in [0.29, 0.717) is 6.54 Å². The van der Waals surface area contributed by atoms with E-state index in [0.717, 1.165) is 27.7 Å². The van der Waals surface area contributed by atoms with Crippen molar-refractivity contribution in [3.05, 3.63) is 64.3 Å². The van der Waals surface area contributed by atoms with Gasteiger partial charge in [0, 0.05) is 11.1 Å². The lowest BCUT2D eigenvalue weighted by Crippen LogP contribution is -2.16. The highest BCUT2D eigenvalue weighted by Gasteiger charge is 2.06. The summed E-state index contributed by atoms with van der Waals surface area (Å²) in [4.78, 5) is 5.65. The first-order valence-electron chi connectivity index (χ1n) is 6.63. The third-order valence-electron chi connectivity index (χ3n) is 3.19. The topological polar surface area (TPSA) is 39.7 Å². The fraction of sp³-hybridized carbons (Fsp3) is 0.188. The van der Waals surface area contributed by atoms with E-state index < -0.39 is 0 Å². The van der Waals surface area contributed by atoms with Crippen LogP contribution in [0, 0.1) is 6.92 Å². The average Bonchev–Trinajstić information content (AvgIpc) is 3.13. The number of thiazole rings is 1. The molecule has 0 fully saturated rings. The smallest absolute Gasteiger partial charge is 0.190 e. The van der Waals surface area contributed by atoms with Crippen LogP contribution in [0.15, 0.2) is 57.5 Å². The fourth-order valence-corrected chi connectivity index (χ4v) is 2.97. The summed E-state index contributed by atoms with van der Waals surface area (Å²) < 4.78 is 12.9. The van der Waals surface area contributed by atoms with Gasteiger partial charge in [0.15, 0.2) is 4.80 Å². The van der Waals surface area contributed by atoms with Crippen molar-refractivity contribution in [3.8, 4) is 5.75 Å². The molecule has 0 aliphatic heterocycles. The van der Waals surface area contributed by atoms with Crippen LogP contribution in [0.3, 0.4) is 0 Å². The van der Waals surface area contributed by atoms with E-state index in [2.05, 4.69) is 16.9 Å². The normalized spacial score (nSPS) is 11.8. The van der Waals surface area contributed by atoms with E-state index in [1.165, 1.54) is 0 Å². The Morgan fingerprint density at radius 1 is 1.24 bits per heavy atom. The molecule has 0 saturated heterocycles. The summed E-state index contributed by atoms with van der Waals surface area (Å²) in [6.45, 7) is 2.75. The van der Waals surface area contributed by atoms with E-state index >= 15 is 0 Å².